The molecule has 0 saturated carbocycles. The molecule has 122 valence electrons. The fourth-order valence-electron chi connectivity index (χ4n) is 4.79. The summed E-state index contributed by atoms with van der Waals surface area (Å²) in [5, 5.41) is 1.85. The minimum absolute atomic E-state index is 0.257. The fraction of sp³-hybridized carbons (Fsp3) is 0.304. The van der Waals surface area contributed by atoms with Crippen molar-refractivity contribution >= 4 is 20.1 Å². The van der Waals surface area contributed by atoms with E-state index in [1.54, 1.807) is 16.3 Å². The third kappa shape index (κ3) is 2.52. The van der Waals surface area contributed by atoms with Crippen LogP contribution in [-0.2, 0) is 5.04 Å². The maximum absolute atomic E-state index is 2.59. The maximum Gasteiger partial charge on any atom is 0.0840 e. The van der Waals surface area contributed by atoms with Crippen molar-refractivity contribution in [2.75, 3.05) is 0 Å². The van der Waals surface area contributed by atoms with Gasteiger partial charge in [-0.1, -0.05) is 90.1 Å². The van der Waals surface area contributed by atoms with Crippen LogP contribution in [0.25, 0.3) is 6.08 Å². The van der Waals surface area contributed by atoms with E-state index in [4.69, 9.17) is 0 Å². The van der Waals surface area contributed by atoms with Gasteiger partial charge in [-0.3, -0.25) is 0 Å². The molecule has 0 fully saturated rings. The van der Waals surface area contributed by atoms with Gasteiger partial charge in [0, 0.05) is 5.04 Å². The van der Waals surface area contributed by atoms with Crippen molar-refractivity contribution < 1.29 is 0 Å². The molecule has 2 aromatic carbocycles. The number of fused-ring (bicyclic) bond motifs is 1. The Kier molecular flexibility index (Phi) is 4.28. The van der Waals surface area contributed by atoms with Crippen LogP contribution in [0, 0.1) is 0 Å². The predicted molar refractivity (Wildman–Crippen MR) is 107 cm³/mol. The maximum atomic E-state index is 2.59. The van der Waals surface area contributed by atoms with E-state index in [0.29, 0.717) is 0 Å². The van der Waals surface area contributed by atoms with Gasteiger partial charge < -0.3 is 0 Å². The van der Waals surface area contributed by atoms with Crippen LogP contribution in [0.1, 0.15) is 43.2 Å². The van der Waals surface area contributed by atoms with Gasteiger partial charge in [0.25, 0.3) is 0 Å². The first-order valence-electron chi connectivity index (χ1n) is 9.33. The molecule has 2 aliphatic rings. The summed E-state index contributed by atoms with van der Waals surface area (Å²) >= 11 is 0. The third-order valence-corrected chi connectivity index (χ3v) is 9.86. The Morgan fingerprint density at radius 2 is 1.71 bits per heavy atom. The van der Waals surface area contributed by atoms with E-state index in [1.807, 2.05) is 0 Å². The third-order valence-electron chi connectivity index (χ3n) is 6.08. The SMILES string of the molecule is C[SiH](c1ccccc1)C1(C2=CCCCC2)CC=Cc2ccccc21. The van der Waals surface area contributed by atoms with Crippen molar-refractivity contribution in [2.24, 2.45) is 0 Å². The highest BCUT2D eigenvalue weighted by Gasteiger charge is 2.44. The van der Waals surface area contributed by atoms with Crippen LogP contribution in [0.15, 0.2) is 72.3 Å². The highest BCUT2D eigenvalue weighted by atomic mass is 28.3. The van der Waals surface area contributed by atoms with Crippen LogP contribution < -0.4 is 5.19 Å². The lowest BCUT2D eigenvalue weighted by Gasteiger charge is -2.45. The van der Waals surface area contributed by atoms with Gasteiger partial charge in [-0.15, -0.1) is 0 Å². The van der Waals surface area contributed by atoms with Gasteiger partial charge in [-0.25, -0.2) is 0 Å². The van der Waals surface area contributed by atoms with Crippen molar-refractivity contribution in [3.05, 3.63) is 83.4 Å². The largest absolute Gasteiger partial charge is 0.0847 e. The molecular weight excluding hydrogens is 304 g/mol. The lowest BCUT2D eigenvalue weighted by molar-refractivity contribution is 0.592. The summed E-state index contributed by atoms with van der Waals surface area (Å²) in [5.74, 6) is 0. The summed E-state index contributed by atoms with van der Waals surface area (Å²) in [6, 6.07) is 20.4. The lowest BCUT2D eigenvalue weighted by atomic mass is 9.77. The minimum atomic E-state index is -1.21. The Balaban J connectivity index is 1.91. The minimum Gasteiger partial charge on any atom is -0.0847 e. The predicted octanol–water partition coefficient (Wildman–Crippen LogP) is 5.15. The van der Waals surface area contributed by atoms with E-state index in [1.165, 1.54) is 37.7 Å². The molecule has 0 radical (unpaired) electrons. The smallest absolute Gasteiger partial charge is 0.0840 e. The van der Waals surface area contributed by atoms with Crippen molar-refractivity contribution in [1.29, 1.82) is 0 Å². The van der Waals surface area contributed by atoms with Crippen LogP contribution >= 0.6 is 0 Å². The molecule has 0 heterocycles. The fourth-order valence-corrected chi connectivity index (χ4v) is 8.20. The molecule has 1 heteroatoms. The average Bonchev–Trinajstić information content (AvgIpc) is 2.68. The monoisotopic (exact) mass is 330 g/mol. The summed E-state index contributed by atoms with van der Waals surface area (Å²) < 4.78 is 0. The van der Waals surface area contributed by atoms with Gasteiger partial charge in [0.15, 0.2) is 0 Å². The molecule has 0 saturated heterocycles. The van der Waals surface area contributed by atoms with Gasteiger partial charge in [-0.05, 0) is 43.2 Å². The van der Waals surface area contributed by atoms with Gasteiger partial charge in [0.05, 0.1) is 8.80 Å². The molecule has 0 bridgehead atoms. The first kappa shape index (κ1) is 15.7. The van der Waals surface area contributed by atoms with Crippen molar-refractivity contribution in [1.82, 2.24) is 0 Å². The normalized spacial score (nSPS) is 24.1. The van der Waals surface area contributed by atoms with Crippen LogP contribution in [-0.4, -0.2) is 8.80 Å². The molecule has 2 atom stereocenters. The molecule has 2 unspecified atom stereocenters. The Bertz CT molecular complexity index is 772. The molecule has 0 aromatic heterocycles. The van der Waals surface area contributed by atoms with Gasteiger partial charge in [0.2, 0.25) is 0 Å². The van der Waals surface area contributed by atoms with E-state index < -0.39 is 8.80 Å². The molecule has 0 N–H and O–H groups in total. The standard InChI is InChI=1S/C23H26Si/c1-24(21-15-6-3-7-16-21)23(20-13-4-2-5-14-20)18-10-12-19-11-8-9-17-22(19)23/h3,6-13,15-17,24H,2,4-5,14,18H2,1H3. The number of allylic oxidation sites excluding steroid dienone is 3. The van der Waals surface area contributed by atoms with Crippen molar-refractivity contribution in [2.45, 2.75) is 43.7 Å². The highest BCUT2D eigenvalue weighted by molar-refractivity contribution is 6.75. The second kappa shape index (κ2) is 6.56. The average molecular weight is 331 g/mol. The zero-order valence-electron chi connectivity index (χ0n) is 14.5. The summed E-state index contributed by atoms with van der Waals surface area (Å²) in [6.45, 7) is 2.57. The molecule has 0 nitrogen and oxygen atoms in total. The van der Waals surface area contributed by atoms with Gasteiger partial charge in [-0.2, -0.15) is 0 Å². The Morgan fingerprint density at radius 3 is 2.50 bits per heavy atom. The van der Waals surface area contributed by atoms with E-state index in [9.17, 15) is 0 Å². The first-order chi connectivity index (χ1) is 11.8. The van der Waals surface area contributed by atoms with Crippen LogP contribution in [0.5, 0.6) is 0 Å². The molecule has 24 heavy (non-hydrogen) atoms. The quantitative estimate of drug-likeness (QED) is 0.539. The zero-order chi connectivity index (χ0) is 16.4. The molecule has 0 aliphatic heterocycles. The van der Waals surface area contributed by atoms with E-state index >= 15 is 0 Å². The molecular formula is C23H26Si. The van der Waals surface area contributed by atoms with E-state index in [0.717, 1.165) is 0 Å². The number of hydrogen-bond donors (Lipinski definition) is 0. The number of rotatable bonds is 3. The van der Waals surface area contributed by atoms with E-state index in [-0.39, 0.29) is 5.04 Å². The van der Waals surface area contributed by atoms with Crippen LogP contribution in [0.4, 0.5) is 0 Å². The number of benzene rings is 2. The summed E-state index contributed by atoms with van der Waals surface area (Å²) in [6.07, 6.45) is 13.8. The van der Waals surface area contributed by atoms with E-state index in [2.05, 4.69) is 79.4 Å². The van der Waals surface area contributed by atoms with Gasteiger partial charge >= 0.3 is 0 Å². The first-order valence-corrected chi connectivity index (χ1v) is 11.6. The molecule has 0 amide bonds. The lowest BCUT2D eigenvalue weighted by Crippen LogP contribution is -2.51. The summed E-state index contributed by atoms with van der Waals surface area (Å²) in [7, 11) is -1.21. The zero-order valence-corrected chi connectivity index (χ0v) is 15.7. The second-order valence-corrected chi connectivity index (χ2v) is 10.4. The van der Waals surface area contributed by atoms with Crippen molar-refractivity contribution in [3.8, 4) is 0 Å². The molecule has 2 aromatic rings. The Morgan fingerprint density at radius 1 is 0.917 bits per heavy atom. The van der Waals surface area contributed by atoms with Crippen LogP contribution in [0.3, 0.4) is 0 Å². The Hall–Kier alpha value is -1.86. The summed E-state index contributed by atoms with van der Waals surface area (Å²) in [5.41, 5.74) is 4.75. The summed E-state index contributed by atoms with van der Waals surface area (Å²) in [4.78, 5) is 0. The molecule has 4 rings (SSSR count). The van der Waals surface area contributed by atoms with Gasteiger partial charge in [0.1, 0.15) is 0 Å². The molecule has 2 aliphatic carbocycles. The topological polar surface area (TPSA) is 0 Å². The molecule has 0 spiro atoms. The van der Waals surface area contributed by atoms with Crippen LogP contribution in [0.2, 0.25) is 6.55 Å². The second-order valence-electron chi connectivity index (χ2n) is 7.27. The number of hydrogen-bond acceptors (Lipinski definition) is 0. The highest BCUT2D eigenvalue weighted by Crippen LogP contribution is 2.46. The van der Waals surface area contributed by atoms with Crippen molar-refractivity contribution in [3.63, 3.8) is 0 Å². The Labute approximate surface area is 147 Å².